The third kappa shape index (κ3) is 9.42. The van der Waals surface area contributed by atoms with Gasteiger partial charge >= 0.3 is 18.4 Å². The normalized spacial score (nSPS) is 14.2. The number of allylic oxidation sites excluding steroid dienone is 4. The monoisotopic (exact) mass is 616 g/mol. The number of amides is 2. The average molecular weight is 617 g/mol. The minimum absolute atomic E-state index is 0.00558. The highest BCUT2D eigenvalue weighted by molar-refractivity contribution is 5.82. The van der Waals surface area contributed by atoms with Gasteiger partial charge in [0.1, 0.15) is 17.2 Å². The number of nitrogens with one attached hydrogen (secondary N) is 1. The second-order valence-corrected chi connectivity index (χ2v) is 10.4. The van der Waals surface area contributed by atoms with Crippen LogP contribution in [0.25, 0.3) is 5.57 Å². The van der Waals surface area contributed by atoms with Gasteiger partial charge in [0.15, 0.2) is 0 Å². The van der Waals surface area contributed by atoms with Crippen LogP contribution in [-0.2, 0) is 28.3 Å². The molecule has 0 bridgehead atoms. The van der Waals surface area contributed by atoms with Gasteiger partial charge in [0, 0.05) is 24.7 Å². The zero-order chi connectivity index (χ0) is 32.2. The fourth-order valence-electron chi connectivity index (χ4n) is 4.16. The highest BCUT2D eigenvalue weighted by atomic mass is 19.4. The molecule has 0 spiro atoms. The number of hydrogen-bond donors (Lipinski definition) is 1. The maximum absolute atomic E-state index is 15.0. The number of nitrogens with zero attached hydrogens (tertiary/aromatic N) is 1. The molecule has 13 heteroatoms. The Morgan fingerprint density at radius 1 is 0.930 bits per heavy atom. The first-order valence-corrected chi connectivity index (χ1v) is 12.9. The topological polar surface area (TPSA) is 58.6 Å². The SMILES string of the molecule is Cc1cc(F)ccc1C1=CC=CN(C(=O)OC(C)(C)CCC(=O)NCCc2cc(C(F)(F)F)cc(C(F)(F)F)c2)C=C1F. The van der Waals surface area contributed by atoms with Crippen molar-refractivity contribution in [1.82, 2.24) is 10.2 Å². The lowest BCUT2D eigenvalue weighted by Gasteiger charge is -2.27. The lowest BCUT2D eigenvalue weighted by atomic mass is 9.99. The Morgan fingerprint density at radius 3 is 2.14 bits per heavy atom. The molecule has 0 unspecified atom stereocenters. The van der Waals surface area contributed by atoms with Gasteiger partial charge in [-0.3, -0.25) is 9.69 Å². The van der Waals surface area contributed by atoms with Gasteiger partial charge in [-0.25, -0.2) is 13.6 Å². The van der Waals surface area contributed by atoms with Gasteiger partial charge in [-0.05, 0) is 92.8 Å². The summed E-state index contributed by atoms with van der Waals surface area (Å²) in [7, 11) is 0. The Balaban J connectivity index is 1.54. The molecular weight excluding hydrogens is 588 g/mol. The van der Waals surface area contributed by atoms with Gasteiger partial charge in [0.05, 0.1) is 17.3 Å². The van der Waals surface area contributed by atoms with Gasteiger partial charge < -0.3 is 10.1 Å². The molecule has 1 aliphatic heterocycles. The van der Waals surface area contributed by atoms with Crippen molar-refractivity contribution in [2.75, 3.05) is 6.54 Å². The number of carbonyl (C=O) groups excluding carboxylic acids is 2. The predicted molar refractivity (Wildman–Crippen MR) is 142 cm³/mol. The molecule has 5 nitrogen and oxygen atoms in total. The molecule has 0 aromatic heterocycles. The molecule has 1 heterocycles. The van der Waals surface area contributed by atoms with E-state index < -0.39 is 52.7 Å². The van der Waals surface area contributed by atoms with Crippen molar-refractivity contribution in [2.45, 2.75) is 58.0 Å². The van der Waals surface area contributed by atoms with Crippen LogP contribution in [0.3, 0.4) is 0 Å². The van der Waals surface area contributed by atoms with E-state index in [2.05, 4.69) is 5.32 Å². The third-order valence-electron chi connectivity index (χ3n) is 6.41. The first kappa shape index (κ1) is 33.3. The maximum Gasteiger partial charge on any atom is 0.418 e. The Morgan fingerprint density at radius 2 is 1.56 bits per heavy atom. The molecule has 43 heavy (non-hydrogen) atoms. The molecule has 0 saturated carbocycles. The summed E-state index contributed by atoms with van der Waals surface area (Å²) < 4.78 is 112. The number of rotatable bonds is 8. The molecule has 2 aromatic rings. The molecule has 1 N–H and O–H groups in total. The number of aryl methyl sites for hydroxylation is 1. The van der Waals surface area contributed by atoms with Crippen molar-refractivity contribution in [2.24, 2.45) is 0 Å². The van der Waals surface area contributed by atoms with Crippen LogP contribution >= 0.6 is 0 Å². The Hall–Kier alpha value is -4.16. The molecule has 232 valence electrons. The number of hydrogen-bond acceptors (Lipinski definition) is 3. The zero-order valence-corrected chi connectivity index (χ0v) is 23.3. The molecule has 3 rings (SSSR count). The molecule has 0 atom stereocenters. The summed E-state index contributed by atoms with van der Waals surface area (Å²) >= 11 is 0. The number of benzene rings is 2. The number of ether oxygens (including phenoxy) is 1. The third-order valence-corrected chi connectivity index (χ3v) is 6.41. The summed E-state index contributed by atoms with van der Waals surface area (Å²) in [5.74, 6) is -1.83. The summed E-state index contributed by atoms with van der Waals surface area (Å²) in [4.78, 5) is 25.9. The fraction of sp³-hybridized carbons (Fsp3) is 0.333. The van der Waals surface area contributed by atoms with Crippen molar-refractivity contribution < 1.29 is 49.4 Å². The highest BCUT2D eigenvalue weighted by Crippen LogP contribution is 2.36. The molecule has 2 amide bonds. The summed E-state index contributed by atoms with van der Waals surface area (Å²) in [5, 5.41) is 2.43. The Kier molecular flexibility index (Phi) is 10.1. The first-order valence-electron chi connectivity index (χ1n) is 12.9. The van der Waals surface area contributed by atoms with Crippen molar-refractivity contribution >= 4 is 17.6 Å². The van der Waals surface area contributed by atoms with Gasteiger partial charge in [0.2, 0.25) is 5.91 Å². The van der Waals surface area contributed by atoms with E-state index >= 15 is 4.39 Å². The molecule has 0 aliphatic carbocycles. The molecule has 0 radical (unpaired) electrons. The quantitative estimate of drug-likeness (QED) is 0.304. The van der Waals surface area contributed by atoms with Crippen LogP contribution in [0.2, 0.25) is 0 Å². The maximum atomic E-state index is 15.0. The summed E-state index contributed by atoms with van der Waals surface area (Å²) in [6.45, 7) is 4.39. The van der Waals surface area contributed by atoms with E-state index in [-0.39, 0.29) is 43.0 Å². The largest absolute Gasteiger partial charge is 0.443 e. The van der Waals surface area contributed by atoms with Crippen LogP contribution in [0, 0.1) is 12.7 Å². The average Bonchev–Trinajstić information content (AvgIpc) is 3.08. The van der Waals surface area contributed by atoms with Crippen molar-refractivity contribution in [3.05, 3.63) is 100 Å². The molecule has 2 aromatic carbocycles. The minimum Gasteiger partial charge on any atom is -0.443 e. The summed E-state index contributed by atoms with van der Waals surface area (Å²) in [5.41, 5.74) is -3.33. The van der Waals surface area contributed by atoms with Gasteiger partial charge in [-0.2, -0.15) is 26.3 Å². The number of halogens is 8. The van der Waals surface area contributed by atoms with Gasteiger partial charge in [-0.15, -0.1) is 0 Å². The second-order valence-electron chi connectivity index (χ2n) is 10.4. The van der Waals surface area contributed by atoms with E-state index in [0.29, 0.717) is 23.3 Å². The van der Waals surface area contributed by atoms with E-state index in [1.165, 1.54) is 50.4 Å². The summed E-state index contributed by atoms with van der Waals surface area (Å²) in [6.07, 6.45) is -6.41. The van der Waals surface area contributed by atoms with E-state index in [1.54, 1.807) is 6.92 Å². The number of carbonyl (C=O) groups is 2. The first-order chi connectivity index (χ1) is 19.9. The molecule has 1 aliphatic rings. The lowest BCUT2D eigenvalue weighted by Crippen LogP contribution is -2.35. The van der Waals surface area contributed by atoms with Crippen LogP contribution in [0.4, 0.5) is 39.9 Å². The molecular formula is C30H28F8N2O3. The van der Waals surface area contributed by atoms with E-state index in [9.17, 15) is 40.3 Å². The van der Waals surface area contributed by atoms with Crippen LogP contribution in [0.5, 0.6) is 0 Å². The van der Waals surface area contributed by atoms with Crippen molar-refractivity contribution in [3.8, 4) is 0 Å². The van der Waals surface area contributed by atoms with Gasteiger partial charge in [-0.1, -0.05) is 6.07 Å². The molecule has 0 fully saturated rings. The van der Waals surface area contributed by atoms with Crippen LogP contribution in [0.15, 0.2) is 66.8 Å². The molecule has 0 saturated heterocycles. The predicted octanol–water partition coefficient (Wildman–Crippen LogP) is 8.25. The second kappa shape index (κ2) is 13.0. The Bertz CT molecular complexity index is 1420. The fourth-order valence-corrected chi connectivity index (χ4v) is 4.16. The minimum atomic E-state index is -4.98. The standard InChI is InChI=1S/C30H28F8N2O3/c1-18-13-22(31)6-7-23(18)24-5-4-12-40(17-25(24)32)27(42)43-28(2,3)10-8-26(41)39-11-9-19-14-20(29(33,34)35)16-21(15-19)30(36,37)38/h4-7,12-17H,8-11H2,1-3H3,(H,39,41). The Labute approximate surface area is 242 Å². The lowest BCUT2D eigenvalue weighted by molar-refractivity contribution is -0.143. The zero-order valence-electron chi connectivity index (χ0n) is 23.3. The van der Waals surface area contributed by atoms with Crippen molar-refractivity contribution in [1.29, 1.82) is 0 Å². The number of alkyl halides is 6. The van der Waals surface area contributed by atoms with Crippen LogP contribution < -0.4 is 5.32 Å². The van der Waals surface area contributed by atoms with E-state index in [4.69, 9.17) is 4.74 Å². The smallest absolute Gasteiger partial charge is 0.418 e. The van der Waals surface area contributed by atoms with E-state index in [0.717, 1.165) is 11.1 Å². The van der Waals surface area contributed by atoms with Gasteiger partial charge in [0.25, 0.3) is 0 Å². The summed E-state index contributed by atoms with van der Waals surface area (Å²) in [6, 6.07) is 5.07. The van der Waals surface area contributed by atoms with E-state index in [1.807, 2.05) is 0 Å². The highest BCUT2D eigenvalue weighted by Gasteiger charge is 2.37. The van der Waals surface area contributed by atoms with Crippen molar-refractivity contribution in [3.63, 3.8) is 0 Å². The van der Waals surface area contributed by atoms with Crippen LogP contribution in [-0.4, -0.2) is 29.0 Å². The van der Waals surface area contributed by atoms with Crippen LogP contribution in [0.1, 0.15) is 54.5 Å².